The molecule has 27 heavy (non-hydrogen) atoms. The zero-order valence-corrected chi connectivity index (χ0v) is 16.9. The monoisotopic (exact) mass is 403 g/mol. The minimum absolute atomic E-state index is 0.101. The Bertz CT molecular complexity index is 1020. The highest BCUT2D eigenvalue weighted by atomic mass is 35.5. The fourth-order valence-electron chi connectivity index (χ4n) is 3.01. The molecular weight excluding hydrogens is 386 g/mol. The number of carboxylic acid groups (broad SMARTS) is 1. The molecule has 0 bridgehead atoms. The molecule has 1 amide bonds. The molecule has 0 spiro atoms. The van der Waals surface area contributed by atoms with E-state index >= 15 is 0 Å². The van der Waals surface area contributed by atoms with Crippen LogP contribution in [0, 0.1) is 13.8 Å². The normalized spacial score (nSPS) is 17.4. The number of benzene rings is 1. The van der Waals surface area contributed by atoms with Crippen LogP contribution in [0.3, 0.4) is 0 Å². The standard InChI is InChI=1S/C19H18ClN3O3S/c1-10-7-13(9-16-17(24)22(4)19(21-3)27-16)11(2)23(10)15-8-12(18(25)26)5-6-14(15)20/h5-9H,1-4H3,(H,25,26)/b16-9-,21-19?. The van der Waals surface area contributed by atoms with Crippen molar-refractivity contribution in [1.29, 1.82) is 0 Å². The molecule has 0 saturated carbocycles. The van der Waals surface area contributed by atoms with Gasteiger partial charge in [-0.1, -0.05) is 11.6 Å². The molecule has 3 rings (SSSR count). The number of carbonyl (C=O) groups is 2. The van der Waals surface area contributed by atoms with Gasteiger partial charge >= 0.3 is 5.97 Å². The second-order valence-corrected chi connectivity index (χ2v) is 7.53. The molecule has 0 atom stereocenters. The SMILES string of the molecule is CN=C1S/C(=C\c2cc(C)n(-c3cc(C(=O)O)ccc3Cl)c2C)C(=O)N1C. The number of likely N-dealkylation sites (N-methyl/N-ethyl adjacent to an activating group) is 1. The number of thioether (sulfide) groups is 1. The Morgan fingerprint density at radius 2 is 2.00 bits per heavy atom. The highest BCUT2D eigenvalue weighted by Crippen LogP contribution is 2.34. The van der Waals surface area contributed by atoms with Crippen molar-refractivity contribution in [2.75, 3.05) is 14.1 Å². The molecular formula is C19H18ClN3O3S. The Hall–Kier alpha value is -2.51. The Kier molecular flexibility index (Phi) is 5.17. The van der Waals surface area contributed by atoms with Gasteiger partial charge in [0.25, 0.3) is 5.91 Å². The number of rotatable bonds is 3. The number of amides is 1. The second-order valence-electron chi connectivity index (χ2n) is 6.11. The molecule has 2 heterocycles. The maximum absolute atomic E-state index is 12.4. The summed E-state index contributed by atoms with van der Waals surface area (Å²) in [4.78, 5) is 29.9. The maximum Gasteiger partial charge on any atom is 0.335 e. The van der Waals surface area contributed by atoms with E-state index < -0.39 is 5.97 Å². The van der Waals surface area contributed by atoms with E-state index in [1.807, 2.05) is 30.6 Å². The summed E-state index contributed by atoms with van der Waals surface area (Å²) in [5, 5.41) is 10.4. The summed E-state index contributed by atoms with van der Waals surface area (Å²) >= 11 is 7.65. The lowest BCUT2D eigenvalue weighted by atomic mass is 10.2. The van der Waals surface area contributed by atoms with Gasteiger partial charge in [-0.15, -0.1) is 0 Å². The molecule has 140 valence electrons. The zero-order valence-electron chi connectivity index (χ0n) is 15.3. The Labute approximate surface area is 166 Å². The van der Waals surface area contributed by atoms with Crippen LogP contribution in [0.25, 0.3) is 11.8 Å². The van der Waals surface area contributed by atoms with Crippen molar-refractivity contribution < 1.29 is 14.7 Å². The number of carbonyl (C=O) groups excluding carboxylic acids is 1. The second kappa shape index (κ2) is 7.25. The summed E-state index contributed by atoms with van der Waals surface area (Å²) in [7, 11) is 3.34. The minimum atomic E-state index is -1.01. The molecule has 0 aliphatic carbocycles. The number of aliphatic imine (C=N–C) groups is 1. The van der Waals surface area contributed by atoms with Crippen LogP contribution in [0.4, 0.5) is 0 Å². The molecule has 8 heteroatoms. The van der Waals surface area contributed by atoms with E-state index in [9.17, 15) is 14.7 Å². The van der Waals surface area contributed by atoms with Crippen LogP contribution in [-0.2, 0) is 4.79 Å². The predicted molar refractivity (Wildman–Crippen MR) is 109 cm³/mol. The van der Waals surface area contributed by atoms with Gasteiger partial charge in [0.1, 0.15) is 0 Å². The quantitative estimate of drug-likeness (QED) is 0.786. The van der Waals surface area contributed by atoms with Crippen LogP contribution in [0.1, 0.15) is 27.3 Å². The first kappa shape index (κ1) is 19.3. The molecule has 2 aromatic rings. The van der Waals surface area contributed by atoms with Crippen molar-refractivity contribution in [3.8, 4) is 5.69 Å². The number of aromatic carboxylic acids is 1. The third-order valence-electron chi connectivity index (χ3n) is 4.39. The number of hydrogen-bond donors (Lipinski definition) is 1. The van der Waals surface area contributed by atoms with Gasteiger partial charge in [0.05, 0.1) is 21.2 Å². The fraction of sp³-hybridized carbons (Fsp3) is 0.211. The van der Waals surface area contributed by atoms with Crippen LogP contribution in [0.15, 0.2) is 34.2 Å². The number of aromatic nitrogens is 1. The van der Waals surface area contributed by atoms with Crippen molar-refractivity contribution >= 4 is 46.5 Å². The average Bonchev–Trinajstić information content (AvgIpc) is 3.05. The van der Waals surface area contributed by atoms with E-state index in [2.05, 4.69) is 4.99 Å². The van der Waals surface area contributed by atoms with Crippen molar-refractivity contribution in [1.82, 2.24) is 9.47 Å². The van der Waals surface area contributed by atoms with Gasteiger partial charge in [-0.3, -0.25) is 14.7 Å². The Balaban J connectivity index is 2.10. The smallest absolute Gasteiger partial charge is 0.335 e. The summed E-state index contributed by atoms with van der Waals surface area (Å²) in [5.41, 5.74) is 3.37. The van der Waals surface area contributed by atoms with Gasteiger partial charge in [-0.2, -0.15) is 0 Å². The van der Waals surface area contributed by atoms with Crippen molar-refractivity contribution in [3.05, 3.63) is 56.7 Å². The number of nitrogens with zero attached hydrogens (tertiary/aromatic N) is 3. The van der Waals surface area contributed by atoms with Gasteiger partial charge in [0, 0.05) is 25.5 Å². The number of amidine groups is 1. The average molecular weight is 404 g/mol. The minimum Gasteiger partial charge on any atom is -0.478 e. The largest absolute Gasteiger partial charge is 0.478 e. The summed E-state index contributed by atoms with van der Waals surface area (Å²) < 4.78 is 1.89. The molecule has 1 fully saturated rings. The Morgan fingerprint density at radius 1 is 1.30 bits per heavy atom. The summed E-state index contributed by atoms with van der Waals surface area (Å²) in [6.07, 6.45) is 1.83. The van der Waals surface area contributed by atoms with Gasteiger partial charge in [0.2, 0.25) is 0 Å². The molecule has 1 aromatic carbocycles. The van der Waals surface area contributed by atoms with Gasteiger partial charge in [-0.05, 0) is 61.5 Å². The van der Waals surface area contributed by atoms with Crippen molar-refractivity contribution in [3.63, 3.8) is 0 Å². The summed E-state index contributed by atoms with van der Waals surface area (Å²) in [6.45, 7) is 3.82. The van der Waals surface area contributed by atoms with Crippen LogP contribution in [0.2, 0.25) is 5.02 Å². The number of aryl methyl sites for hydroxylation is 1. The van der Waals surface area contributed by atoms with Gasteiger partial charge < -0.3 is 9.67 Å². The molecule has 0 unspecified atom stereocenters. The van der Waals surface area contributed by atoms with Crippen LogP contribution in [0.5, 0.6) is 0 Å². The lowest BCUT2D eigenvalue weighted by Crippen LogP contribution is -2.23. The first-order chi connectivity index (χ1) is 12.7. The lowest BCUT2D eigenvalue weighted by Gasteiger charge is -2.12. The van der Waals surface area contributed by atoms with Crippen molar-refractivity contribution in [2.45, 2.75) is 13.8 Å². The molecule has 1 aliphatic heterocycles. The molecule has 1 saturated heterocycles. The summed E-state index contributed by atoms with van der Waals surface area (Å²) in [5.74, 6) is -1.11. The summed E-state index contributed by atoms with van der Waals surface area (Å²) in [6, 6.07) is 6.54. The molecule has 1 aromatic heterocycles. The van der Waals surface area contributed by atoms with Crippen LogP contribution in [-0.4, -0.2) is 45.7 Å². The van der Waals surface area contributed by atoms with E-state index in [-0.39, 0.29) is 11.5 Å². The lowest BCUT2D eigenvalue weighted by molar-refractivity contribution is -0.121. The highest BCUT2D eigenvalue weighted by molar-refractivity contribution is 8.18. The number of halogens is 1. The third-order valence-corrected chi connectivity index (χ3v) is 5.86. The van der Waals surface area contributed by atoms with E-state index in [1.165, 1.54) is 22.7 Å². The first-order valence-electron chi connectivity index (χ1n) is 8.11. The van der Waals surface area contributed by atoms with Gasteiger partial charge in [-0.25, -0.2) is 4.79 Å². The fourth-order valence-corrected chi connectivity index (χ4v) is 4.13. The van der Waals surface area contributed by atoms with E-state index in [0.29, 0.717) is 20.8 Å². The Morgan fingerprint density at radius 3 is 2.59 bits per heavy atom. The predicted octanol–water partition coefficient (Wildman–Crippen LogP) is 3.98. The van der Waals surface area contributed by atoms with Crippen LogP contribution >= 0.6 is 23.4 Å². The van der Waals surface area contributed by atoms with Crippen molar-refractivity contribution in [2.24, 2.45) is 4.99 Å². The zero-order chi connectivity index (χ0) is 19.9. The molecule has 1 N–H and O–H groups in total. The van der Waals surface area contributed by atoms with Gasteiger partial charge in [0.15, 0.2) is 5.17 Å². The first-order valence-corrected chi connectivity index (χ1v) is 9.30. The van der Waals surface area contributed by atoms with E-state index in [4.69, 9.17) is 11.6 Å². The molecule has 0 radical (unpaired) electrons. The van der Waals surface area contributed by atoms with E-state index in [0.717, 1.165) is 17.0 Å². The highest BCUT2D eigenvalue weighted by Gasteiger charge is 2.30. The maximum atomic E-state index is 12.4. The molecule has 6 nitrogen and oxygen atoms in total. The van der Waals surface area contributed by atoms with E-state index in [1.54, 1.807) is 26.2 Å². The van der Waals surface area contributed by atoms with Crippen LogP contribution < -0.4 is 0 Å². The third kappa shape index (κ3) is 3.40. The number of hydrogen-bond acceptors (Lipinski definition) is 4. The topological polar surface area (TPSA) is 74.9 Å². The number of carboxylic acids is 1. The molecule has 1 aliphatic rings.